The van der Waals surface area contributed by atoms with Crippen LogP contribution in [0.25, 0.3) is 6.08 Å². The SMILES string of the molecule is CC[C@H](C)[C@H](C(=O)[O-])N1C(=O)/C(=C/c2ccccc2OC)SC1=S. The van der Waals surface area contributed by atoms with Gasteiger partial charge in [-0.3, -0.25) is 9.69 Å². The molecule has 0 saturated carbocycles. The van der Waals surface area contributed by atoms with E-state index in [0.29, 0.717) is 17.1 Å². The Morgan fingerprint density at radius 1 is 1.46 bits per heavy atom. The molecule has 24 heavy (non-hydrogen) atoms. The topological polar surface area (TPSA) is 69.7 Å². The second kappa shape index (κ2) is 7.81. The molecule has 1 aromatic rings. The lowest BCUT2D eigenvalue weighted by Gasteiger charge is -2.32. The van der Waals surface area contributed by atoms with Gasteiger partial charge >= 0.3 is 0 Å². The van der Waals surface area contributed by atoms with E-state index in [1.54, 1.807) is 26.2 Å². The third kappa shape index (κ3) is 3.62. The van der Waals surface area contributed by atoms with E-state index < -0.39 is 17.9 Å². The number of carbonyl (C=O) groups excluding carboxylic acids is 2. The van der Waals surface area contributed by atoms with Gasteiger partial charge in [0.25, 0.3) is 5.91 Å². The smallest absolute Gasteiger partial charge is 0.266 e. The van der Waals surface area contributed by atoms with Gasteiger partial charge in [0, 0.05) is 5.56 Å². The van der Waals surface area contributed by atoms with E-state index in [1.165, 1.54) is 0 Å². The Balaban J connectivity index is 2.38. The molecule has 128 valence electrons. The quantitative estimate of drug-likeness (QED) is 0.568. The Hall–Kier alpha value is -1.86. The van der Waals surface area contributed by atoms with Gasteiger partial charge in [0.2, 0.25) is 0 Å². The molecule has 1 fully saturated rings. The highest BCUT2D eigenvalue weighted by Gasteiger charge is 2.39. The first-order valence-corrected chi connectivity index (χ1v) is 8.74. The van der Waals surface area contributed by atoms with Crippen LogP contribution in [0.15, 0.2) is 29.2 Å². The van der Waals surface area contributed by atoms with Gasteiger partial charge in [-0.05, 0) is 18.1 Å². The monoisotopic (exact) mass is 364 g/mol. The van der Waals surface area contributed by atoms with Crippen LogP contribution in [0, 0.1) is 5.92 Å². The maximum Gasteiger partial charge on any atom is 0.266 e. The fourth-order valence-corrected chi connectivity index (χ4v) is 3.78. The predicted molar refractivity (Wildman–Crippen MR) is 96.3 cm³/mol. The van der Waals surface area contributed by atoms with E-state index in [4.69, 9.17) is 17.0 Å². The summed E-state index contributed by atoms with van der Waals surface area (Å²) in [5.74, 6) is -1.34. The number of amides is 1. The van der Waals surface area contributed by atoms with Crippen LogP contribution in [-0.4, -0.2) is 34.2 Å². The van der Waals surface area contributed by atoms with Crippen LogP contribution in [0.5, 0.6) is 5.75 Å². The normalized spacial score (nSPS) is 18.8. The number of carboxylic acids is 1. The van der Waals surface area contributed by atoms with Crippen molar-refractivity contribution in [3.8, 4) is 5.75 Å². The van der Waals surface area contributed by atoms with Crippen molar-refractivity contribution in [1.82, 2.24) is 4.90 Å². The molecule has 2 atom stereocenters. The second-order valence-corrected chi connectivity index (χ2v) is 7.12. The van der Waals surface area contributed by atoms with Crippen molar-refractivity contribution >= 4 is 46.3 Å². The average molecular weight is 364 g/mol. The Labute approximate surface area is 150 Å². The highest BCUT2D eigenvalue weighted by Crippen LogP contribution is 2.36. The number of rotatable bonds is 6. The van der Waals surface area contributed by atoms with Crippen molar-refractivity contribution < 1.29 is 19.4 Å². The van der Waals surface area contributed by atoms with Crippen LogP contribution in [0.4, 0.5) is 0 Å². The van der Waals surface area contributed by atoms with Gasteiger partial charge in [0.15, 0.2) is 0 Å². The number of methoxy groups -OCH3 is 1. The average Bonchev–Trinajstić information content (AvgIpc) is 2.83. The molecule has 0 aromatic heterocycles. The van der Waals surface area contributed by atoms with E-state index in [1.807, 2.05) is 25.1 Å². The zero-order chi connectivity index (χ0) is 17.9. The van der Waals surface area contributed by atoms with Crippen LogP contribution in [0.3, 0.4) is 0 Å². The number of carboxylic acid groups (broad SMARTS) is 1. The van der Waals surface area contributed by atoms with Gasteiger partial charge in [-0.1, -0.05) is 62.4 Å². The molecular weight excluding hydrogens is 346 g/mol. The van der Waals surface area contributed by atoms with Gasteiger partial charge in [-0.2, -0.15) is 0 Å². The minimum atomic E-state index is -1.29. The summed E-state index contributed by atoms with van der Waals surface area (Å²) in [7, 11) is 1.55. The standard InChI is InChI=1S/C17H19NO4S2/c1-4-10(2)14(16(20)21)18-15(19)13(24-17(18)23)9-11-7-5-6-8-12(11)22-3/h5-10,14H,4H2,1-3H3,(H,20,21)/p-1/b13-9-/t10-,14+/m0/s1. The summed E-state index contributed by atoms with van der Waals surface area (Å²) in [6, 6.07) is 6.20. The van der Waals surface area contributed by atoms with Crippen LogP contribution in [0.2, 0.25) is 0 Å². The number of hydrogen-bond acceptors (Lipinski definition) is 6. The number of aliphatic carboxylic acids is 1. The van der Waals surface area contributed by atoms with Crippen molar-refractivity contribution in [3.05, 3.63) is 34.7 Å². The Bertz CT molecular complexity index is 702. The summed E-state index contributed by atoms with van der Waals surface area (Å²) < 4.78 is 5.50. The summed E-state index contributed by atoms with van der Waals surface area (Å²) in [5, 5.41) is 11.5. The molecule has 1 aromatic carbocycles. The minimum absolute atomic E-state index is 0.232. The molecule has 1 saturated heterocycles. The molecular formula is C17H18NO4S2-. The lowest BCUT2D eigenvalue weighted by atomic mass is 9.98. The van der Waals surface area contributed by atoms with Crippen molar-refractivity contribution in [2.45, 2.75) is 26.3 Å². The summed E-state index contributed by atoms with van der Waals surface area (Å²) >= 11 is 6.33. The van der Waals surface area contributed by atoms with E-state index in [-0.39, 0.29) is 10.2 Å². The Morgan fingerprint density at radius 3 is 2.71 bits per heavy atom. The lowest BCUT2D eigenvalue weighted by Crippen LogP contribution is -2.53. The molecule has 5 nitrogen and oxygen atoms in total. The first-order chi connectivity index (χ1) is 11.4. The minimum Gasteiger partial charge on any atom is -0.548 e. The Morgan fingerprint density at radius 2 is 2.12 bits per heavy atom. The summed E-state index contributed by atoms with van der Waals surface area (Å²) in [6.07, 6.45) is 2.27. The number of ether oxygens (including phenoxy) is 1. The molecule has 0 radical (unpaired) electrons. The number of benzene rings is 1. The van der Waals surface area contributed by atoms with E-state index in [0.717, 1.165) is 22.2 Å². The predicted octanol–water partition coefficient (Wildman–Crippen LogP) is 2.06. The van der Waals surface area contributed by atoms with E-state index in [2.05, 4.69) is 0 Å². The molecule has 1 aliphatic rings. The molecule has 0 aliphatic carbocycles. The second-order valence-electron chi connectivity index (χ2n) is 5.44. The third-order valence-corrected chi connectivity index (χ3v) is 5.28. The Kier molecular flexibility index (Phi) is 6.01. The highest BCUT2D eigenvalue weighted by molar-refractivity contribution is 8.26. The maximum atomic E-state index is 12.7. The molecule has 0 N–H and O–H groups in total. The number of thiocarbonyl (C=S) groups is 1. The summed E-state index contributed by atoms with van der Waals surface area (Å²) in [4.78, 5) is 25.8. The number of thioether (sulfide) groups is 1. The highest BCUT2D eigenvalue weighted by atomic mass is 32.2. The number of nitrogens with zero attached hydrogens (tertiary/aromatic N) is 1. The summed E-state index contributed by atoms with van der Waals surface area (Å²) in [6.45, 7) is 3.63. The molecule has 7 heteroatoms. The first kappa shape index (κ1) is 18.5. The van der Waals surface area contributed by atoms with Gasteiger partial charge in [0.1, 0.15) is 10.1 Å². The molecule has 1 aliphatic heterocycles. The van der Waals surface area contributed by atoms with Gasteiger partial charge < -0.3 is 14.6 Å². The zero-order valence-corrected chi connectivity index (χ0v) is 15.3. The largest absolute Gasteiger partial charge is 0.548 e. The van der Waals surface area contributed by atoms with Crippen LogP contribution in [-0.2, 0) is 9.59 Å². The number of hydrogen-bond donors (Lipinski definition) is 0. The summed E-state index contributed by atoms with van der Waals surface area (Å²) in [5.41, 5.74) is 0.731. The van der Waals surface area contributed by atoms with Crippen LogP contribution < -0.4 is 9.84 Å². The van der Waals surface area contributed by atoms with Crippen molar-refractivity contribution in [2.24, 2.45) is 5.92 Å². The van der Waals surface area contributed by atoms with Crippen molar-refractivity contribution in [3.63, 3.8) is 0 Å². The lowest BCUT2D eigenvalue weighted by molar-refractivity contribution is -0.311. The van der Waals surface area contributed by atoms with Gasteiger partial charge in [0.05, 0.1) is 24.0 Å². The molecule has 1 heterocycles. The molecule has 0 bridgehead atoms. The fourth-order valence-electron chi connectivity index (χ4n) is 2.46. The van der Waals surface area contributed by atoms with E-state index in [9.17, 15) is 14.7 Å². The van der Waals surface area contributed by atoms with Crippen molar-refractivity contribution in [1.29, 1.82) is 0 Å². The molecule has 2 rings (SSSR count). The molecule has 0 unspecified atom stereocenters. The van der Waals surface area contributed by atoms with Gasteiger partial charge in [-0.15, -0.1) is 0 Å². The maximum absolute atomic E-state index is 12.7. The molecule has 1 amide bonds. The van der Waals surface area contributed by atoms with Crippen LogP contribution in [0.1, 0.15) is 25.8 Å². The van der Waals surface area contributed by atoms with E-state index >= 15 is 0 Å². The molecule has 0 spiro atoms. The fraction of sp³-hybridized carbons (Fsp3) is 0.353. The van der Waals surface area contributed by atoms with Crippen LogP contribution >= 0.6 is 24.0 Å². The van der Waals surface area contributed by atoms with Gasteiger partial charge in [-0.25, -0.2) is 0 Å². The zero-order valence-electron chi connectivity index (χ0n) is 13.6. The first-order valence-electron chi connectivity index (χ1n) is 7.51. The number of para-hydroxylation sites is 1. The number of carbonyl (C=O) groups is 2. The third-order valence-electron chi connectivity index (χ3n) is 3.95. The van der Waals surface area contributed by atoms with Crippen molar-refractivity contribution in [2.75, 3.05) is 7.11 Å².